The van der Waals surface area contributed by atoms with Crippen LogP contribution >= 0.6 is 0 Å². The highest BCUT2D eigenvalue weighted by molar-refractivity contribution is 5.39. The summed E-state index contributed by atoms with van der Waals surface area (Å²) in [5, 5.41) is 3.60. The maximum Gasteiger partial charge on any atom is 0.122 e. The lowest BCUT2D eigenvalue weighted by Gasteiger charge is -2.16. The predicted molar refractivity (Wildman–Crippen MR) is 79.3 cm³/mol. The van der Waals surface area contributed by atoms with E-state index in [1.54, 1.807) is 0 Å². The fourth-order valence-electron chi connectivity index (χ4n) is 2.91. The molecule has 1 aliphatic rings. The molecule has 0 radical (unpaired) electrons. The summed E-state index contributed by atoms with van der Waals surface area (Å²) in [5.41, 5.74) is 2.56. The van der Waals surface area contributed by atoms with Crippen LogP contribution in [0.25, 0.3) is 0 Å². The van der Waals surface area contributed by atoms with Crippen LogP contribution in [0.3, 0.4) is 0 Å². The Labute approximate surface area is 119 Å². The number of hydrogen-bond donors (Lipinski definition) is 1. The smallest absolute Gasteiger partial charge is 0.122 e. The monoisotopic (exact) mass is 271 g/mol. The molecule has 1 aliphatic heterocycles. The second-order valence-corrected chi connectivity index (χ2v) is 5.54. The van der Waals surface area contributed by atoms with Crippen LogP contribution in [-0.4, -0.2) is 13.2 Å². The van der Waals surface area contributed by atoms with E-state index >= 15 is 0 Å². The second-order valence-electron chi connectivity index (χ2n) is 5.54. The Balaban J connectivity index is 1.65. The molecule has 106 valence electrons. The van der Waals surface area contributed by atoms with Crippen molar-refractivity contribution < 1.29 is 9.15 Å². The van der Waals surface area contributed by atoms with Crippen molar-refractivity contribution in [1.82, 2.24) is 5.32 Å². The van der Waals surface area contributed by atoms with Gasteiger partial charge >= 0.3 is 0 Å². The SMILES string of the molecule is Cc1cc(C(C)NCC2COc3ccccc32)c(C)o1. The van der Waals surface area contributed by atoms with E-state index in [9.17, 15) is 0 Å². The van der Waals surface area contributed by atoms with Gasteiger partial charge in [-0.25, -0.2) is 0 Å². The van der Waals surface area contributed by atoms with Crippen molar-refractivity contribution in [3.63, 3.8) is 0 Å². The number of aryl methyl sites for hydroxylation is 2. The summed E-state index contributed by atoms with van der Waals surface area (Å²) in [5.74, 6) is 3.44. The summed E-state index contributed by atoms with van der Waals surface area (Å²) >= 11 is 0. The van der Waals surface area contributed by atoms with Crippen molar-refractivity contribution >= 4 is 0 Å². The molecule has 2 aromatic rings. The van der Waals surface area contributed by atoms with Gasteiger partial charge in [-0.05, 0) is 32.9 Å². The maximum atomic E-state index is 5.72. The zero-order chi connectivity index (χ0) is 14.1. The van der Waals surface area contributed by atoms with Crippen molar-refractivity contribution in [3.8, 4) is 5.75 Å². The number of benzene rings is 1. The lowest BCUT2D eigenvalue weighted by atomic mass is 10.0. The molecule has 2 heterocycles. The topological polar surface area (TPSA) is 34.4 Å². The van der Waals surface area contributed by atoms with Crippen molar-refractivity contribution in [2.45, 2.75) is 32.7 Å². The Morgan fingerprint density at radius 2 is 2.10 bits per heavy atom. The molecule has 0 spiro atoms. The van der Waals surface area contributed by atoms with Gasteiger partial charge in [-0.15, -0.1) is 0 Å². The molecule has 3 heteroatoms. The van der Waals surface area contributed by atoms with E-state index in [2.05, 4.69) is 30.4 Å². The van der Waals surface area contributed by atoms with Crippen molar-refractivity contribution in [2.24, 2.45) is 0 Å². The largest absolute Gasteiger partial charge is 0.493 e. The van der Waals surface area contributed by atoms with Crippen molar-refractivity contribution in [3.05, 3.63) is 53.0 Å². The number of fused-ring (bicyclic) bond motifs is 1. The predicted octanol–water partition coefficient (Wildman–Crippen LogP) is 3.72. The van der Waals surface area contributed by atoms with Crippen molar-refractivity contribution in [1.29, 1.82) is 0 Å². The Bertz CT molecular complexity index is 603. The molecule has 3 nitrogen and oxygen atoms in total. The molecule has 3 rings (SSSR count). The van der Waals surface area contributed by atoms with Crippen LogP contribution in [0.4, 0.5) is 0 Å². The Morgan fingerprint density at radius 3 is 2.85 bits per heavy atom. The average Bonchev–Trinajstić information content (AvgIpc) is 2.99. The molecule has 1 N–H and O–H groups in total. The maximum absolute atomic E-state index is 5.72. The molecule has 2 atom stereocenters. The Morgan fingerprint density at radius 1 is 1.30 bits per heavy atom. The number of furan rings is 1. The lowest BCUT2D eigenvalue weighted by Crippen LogP contribution is -2.25. The molecule has 0 saturated carbocycles. The van der Waals surface area contributed by atoms with Gasteiger partial charge in [0.1, 0.15) is 17.3 Å². The van der Waals surface area contributed by atoms with Crippen LogP contribution in [0.2, 0.25) is 0 Å². The summed E-state index contributed by atoms with van der Waals surface area (Å²) in [7, 11) is 0. The van der Waals surface area contributed by atoms with Gasteiger partial charge in [0.25, 0.3) is 0 Å². The van der Waals surface area contributed by atoms with Crippen LogP contribution < -0.4 is 10.1 Å². The molecule has 20 heavy (non-hydrogen) atoms. The molecule has 0 fully saturated rings. The Kier molecular flexibility index (Phi) is 3.53. The van der Waals surface area contributed by atoms with Crippen LogP contribution in [0, 0.1) is 13.8 Å². The van der Waals surface area contributed by atoms with Gasteiger partial charge in [-0.2, -0.15) is 0 Å². The third-order valence-electron chi connectivity index (χ3n) is 4.02. The standard InChI is InChI=1S/C17H21NO2/c1-11-8-16(13(3)20-11)12(2)18-9-14-10-19-17-7-5-4-6-15(14)17/h4-8,12,14,18H,9-10H2,1-3H3. The van der Waals surface area contributed by atoms with Gasteiger partial charge in [-0.1, -0.05) is 18.2 Å². The van der Waals surface area contributed by atoms with E-state index in [1.807, 2.05) is 26.0 Å². The fourth-order valence-corrected chi connectivity index (χ4v) is 2.91. The zero-order valence-corrected chi connectivity index (χ0v) is 12.3. The van der Waals surface area contributed by atoms with E-state index in [-0.39, 0.29) is 0 Å². The molecule has 0 aliphatic carbocycles. The summed E-state index contributed by atoms with van der Waals surface area (Å²) in [4.78, 5) is 0. The summed E-state index contributed by atoms with van der Waals surface area (Å²) in [6.07, 6.45) is 0. The van der Waals surface area contributed by atoms with Gasteiger partial charge in [-0.3, -0.25) is 0 Å². The lowest BCUT2D eigenvalue weighted by molar-refractivity contribution is 0.323. The second kappa shape index (κ2) is 5.33. The molecule has 0 amide bonds. The van der Waals surface area contributed by atoms with Crippen LogP contribution in [0.1, 0.15) is 41.5 Å². The fraction of sp³-hybridized carbons (Fsp3) is 0.412. The first-order valence-electron chi connectivity index (χ1n) is 7.17. The first kappa shape index (κ1) is 13.3. The van der Waals surface area contributed by atoms with Crippen LogP contribution in [0.15, 0.2) is 34.7 Å². The first-order valence-corrected chi connectivity index (χ1v) is 7.17. The number of para-hydroxylation sites is 1. The third-order valence-corrected chi connectivity index (χ3v) is 4.02. The van der Waals surface area contributed by atoms with Crippen LogP contribution in [0.5, 0.6) is 5.75 Å². The number of nitrogens with one attached hydrogen (secondary N) is 1. The van der Waals surface area contributed by atoms with Gasteiger partial charge in [0.05, 0.1) is 6.61 Å². The summed E-state index contributed by atoms with van der Waals surface area (Å²) < 4.78 is 11.3. The zero-order valence-electron chi connectivity index (χ0n) is 12.3. The molecule has 0 bridgehead atoms. The quantitative estimate of drug-likeness (QED) is 0.920. The minimum absolute atomic E-state index is 0.292. The van der Waals surface area contributed by atoms with Gasteiger partial charge in [0.15, 0.2) is 0 Å². The highest BCUT2D eigenvalue weighted by atomic mass is 16.5. The minimum Gasteiger partial charge on any atom is -0.493 e. The average molecular weight is 271 g/mol. The Hall–Kier alpha value is -1.74. The minimum atomic E-state index is 0.292. The first-order chi connectivity index (χ1) is 9.65. The van der Waals surface area contributed by atoms with Gasteiger partial charge in [0, 0.05) is 29.6 Å². The molecule has 0 saturated heterocycles. The highest BCUT2D eigenvalue weighted by Gasteiger charge is 2.24. The van der Waals surface area contributed by atoms with E-state index in [0.29, 0.717) is 12.0 Å². The van der Waals surface area contributed by atoms with E-state index in [1.165, 1.54) is 11.1 Å². The number of rotatable bonds is 4. The van der Waals surface area contributed by atoms with Gasteiger partial charge in [0.2, 0.25) is 0 Å². The molecular formula is C17H21NO2. The summed E-state index contributed by atoms with van der Waals surface area (Å²) in [6.45, 7) is 7.88. The van der Waals surface area contributed by atoms with E-state index in [4.69, 9.17) is 9.15 Å². The highest BCUT2D eigenvalue weighted by Crippen LogP contribution is 2.33. The number of ether oxygens (including phenoxy) is 1. The van der Waals surface area contributed by atoms with Crippen molar-refractivity contribution in [2.75, 3.05) is 13.2 Å². The summed E-state index contributed by atoms with van der Waals surface area (Å²) in [6, 6.07) is 10.7. The van der Waals surface area contributed by atoms with Gasteiger partial charge < -0.3 is 14.5 Å². The molecular weight excluding hydrogens is 250 g/mol. The van der Waals surface area contributed by atoms with E-state index < -0.39 is 0 Å². The normalized spacial score (nSPS) is 18.6. The molecule has 2 unspecified atom stereocenters. The molecule has 1 aromatic carbocycles. The third kappa shape index (κ3) is 2.46. The number of hydrogen-bond acceptors (Lipinski definition) is 3. The van der Waals surface area contributed by atoms with Crippen LogP contribution in [-0.2, 0) is 0 Å². The molecule has 1 aromatic heterocycles. The van der Waals surface area contributed by atoms with E-state index in [0.717, 1.165) is 30.4 Å².